The largest absolute Gasteiger partial charge is 0.462 e. The Bertz CT molecular complexity index is 815. The van der Waals surface area contributed by atoms with E-state index in [9.17, 15) is 18.0 Å². The first-order valence-electron chi connectivity index (χ1n) is 7.04. The minimum atomic E-state index is -4.87. The second kappa shape index (κ2) is 6.17. The van der Waals surface area contributed by atoms with E-state index in [0.29, 0.717) is 13.0 Å². The molecule has 0 saturated carbocycles. The Kier molecular flexibility index (Phi) is 4.22. The summed E-state index contributed by atoms with van der Waals surface area (Å²) in [5, 5.41) is 2.38. The molecule has 6 heteroatoms. The van der Waals surface area contributed by atoms with Gasteiger partial charge in [-0.05, 0) is 41.8 Å². The van der Waals surface area contributed by atoms with Crippen LogP contribution in [-0.4, -0.2) is 18.5 Å². The molecule has 0 aromatic heterocycles. The van der Waals surface area contributed by atoms with Gasteiger partial charge in [0.2, 0.25) is 0 Å². The Morgan fingerprint density at radius 1 is 1.17 bits per heavy atom. The van der Waals surface area contributed by atoms with Gasteiger partial charge in [-0.25, -0.2) is 0 Å². The zero-order chi connectivity index (χ0) is 16.4. The lowest BCUT2D eigenvalue weighted by Gasteiger charge is -2.16. The molecule has 2 aromatic rings. The SMILES string of the molecule is O=C(C#CCCCN1Sc2cccc3cccc1c23)C(F)(F)F. The van der Waals surface area contributed by atoms with Crippen molar-refractivity contribution in [1.82, 2.24) is 0 Å². The number of benzene rings is 2. The van der Waals surface area contributed by atoms with E-state index in [0.717, 1.165) is 5.69 Å². The maximum absolute atomic E-state index is 12.0. The molecule has 1 aliphatic rings. The van der Waals surface area contributed by atoms with E-state index in [2.05, 4.69) is 28.4 Å². The molecule has 0 amide bonds. The van der Waals surface area contributed by atoms with E-state index in [4.69, 9.17) is 0 Å². The van der Waals surface area contributed by atoms with E-state index in [1.54, 1.807) is 17.9 Å². The normalized spacial score (nSPS) is 13.1. The van der Waals surface area contributed by atoms with Crippen LogP contribution in [-0.2, 0) is 4.79 Å². The van der Waals surface area contributed by atoms with Crippen molar-refractivity contribution in [2.75, 3.05) is 10.8 Å². The number of halogens is 3. The van der Waals surface area contributed by atoms with Crippen LogP contribution >= 0.6 is 11.9 Å². The van der Waals surface area contributed by atoms with Crippen molar-refractivity contribution in [2.45, 2.75) is 23.9 Å². The number of carbonyl (C=O) groups is 1. The van der Waals surface area contributed by atoms with Gasteiger partial charge in [-0.1, -0.05) is 30.2 Å². The summed E-state index contributed by atoms with van der Waals surface area (Å²) in [7, 11) is 0. The van der Waals surface area contributed by atoms with Crippen molar-refractivity contribution in [3.8, 4) is 11.8 Å². The minimum Gasteiger partial charge on any atom is -0.311 e. The van der Waals surface area contributed by atoms with Crippen LogP contribution in [0.25, 0.3) is 10.8 Å². The molecule has 1 heterocycles. The number of anilines is 1. The zero-order valence-corrected chi connectivity index (χ0v) is 12.8. The van der Waals surface area contributed by atoms with Crippen molar-refractivity contribution in [3.63, 3.8) is 0 Å². The average molecular weight is 335 g/mol. The van der Waals surface area contributed by atoms with Crippen LogP contribution in [0.1, 0.15) is 12.8 Å². The fourth-order valence-corrected chi connectivity index (χ4v) is 3.59. The van der Waals surface area contributed by atoms with E-state index < -0.39 is 12.0 Å². The maximum Gasteiger partial charge on any atom is 0.462 e. The third-order valence-corrected chi connectivity index (χ3v) is 4.58. The van der Waals surface area contributed by atoms with Gasteiger partial charge in [0.15, 0.2) is 0 Å². The van der Waals surface area contributed by atoms with Gasteiger partial charge < -0.3 is 4.31 Å². The highest BCUT2D eigenvalue weighted by Gasteiger charge is 2.36. The molecule has 0 unspecified atom stereocenters. The van der Waals surface area contributed by atoms with Crippen LogP contribution in [0, 0.1) is 11.8 Å². The summed E-state index contributed by atoms with van der Waals surface area (Å²) in [4.78, 5) is 11.8. The lowest BCUT2D eigenvalue weighted by atomic mass is 10.1. The second-order valence-corrected chi connectivity index (χ2v) is 6.12. The summed E-state index contributed by atoms with van der Waals surface area (Å²) < 4.78 is 38.2. The first kappa shape index (κ1) is 15.8. The maximum atomic E-state index is 12.0. The van der Waals surface area contributed by atoms with Crippen molar-refractivity contribution < 1.29 is 18.0 Å². The Hall–Kier alpha value is -2.13. The van der Waals surface area contributed by atoms with Gasteiger partial charge in [-0.3, -0.25) is 4.79 Å². The second-order valence-electron chi connectivity index (χ2n) is 5.06. The molecule has 23 heavy (non-hydrogen) atoms. The van der Waals surface area contributed by atoms with Gasteiger partial charge in [0.25, 0.3) is 0 Å². The first-order chi connectivity index (χ1) is 11.0. The van der Waals surface area contributed by atoms with E-state index >= 15 is 0 Å². The van der Waals surface area contributed by atoms with Gasteiger partial charge in [0.1, 0.15) is 0 Å². The fraction of sp³-hybridized carbons (Fsp3) is 0.235. The van der Waals surface area contributed by atoms with Crippen molar-refractivity contribution >= 4 is 34.2 Å². The number of hydrogen-bond donors (Lipinski definition) is 0. The van der Waals surface area contributed by atoms with Gasteiger partial charge >= 0.3 is 12.0 Å². The van der Waals surface area contributed by atoms with Crippen LogP contribution in [0.5, 0.6) is 0 Å². The molecule has 0 saturated heterocycles. The van der Waals surface area contributed by atoms with Crippen molar-refractivity contribution in [1.29, 1.82) is 0 Å². The molecule has 0 aliphatic carbocycles. The molecular formula is C17H12F3NOS. The summed E-state index contributed by atoms with van der Waals surface area (Å²) in [6.07, 6.45) is -4.02. The fourth-order valence-electron chi connectivity index (χ4n) is 2.43. The summed E-state index contributed by atoms with van der Waals surface area (Å²) in [5.74, 6) is 1.97. The molecular weight excluding hydrogens is 323 g/mol. The number of alkyl halides is 3. The van der Waals surface area contributed by atoms with Crippen LogP contribution in [0.15, 0.2) is 41.3 Å². The van der Waals surface area contributed by atoms with Crippen molar-refractivity contribution in [2.24, 2.45) is 0 Å². The van der Waals surface area contributed by atoms with E-state index in [1.807, 2.05) is 18.2 Å². The van der Waals surface area contributed by atoms with Gasteiger partial charge in [0, 0.05) is 23.2 Å². The van der Waals surface area contributed by atoms with Gasteiger partial charge in [-0.15, -0.1) is 0 Å². The van der Waals surface area contributed by atoms with Crippen LogP contribution in [0.3, 0.4) is 0 Å². The lowest BCUT2D eigenvalue weighted by molar-refractivity contribution is -0.164. The average Bonchev–Trinajstić information content (AvgIpc) is 2.86. The Labute approximate surface area is 135 Å². The molecule has 0 radical (unpaired) electrons. The highest BCUT2D eigenvalue weighted by molar-refractivity contribution is 8.01. The Morgan fingerprint density at radius 3 is 2.65 bits per heavy atom. The summed E-state index contributed by atoms with van der Waals surface area (Å²) in [6.45, 7) is 0.660. The third-order valence-electron chi connectivity index (χ3n) is 3.44. The molecule has 0 bridgehead atoms. The molecule has 0 spiro atoms. The molecule has 3 rings (SSSR count). The van der Waals surface area contributed by atoms with Gasteiger partial charge in [-0.2, -0.15) is 13.2 Å². The number of unbranched alkanes of at least 4 members (excludes halogenated alkanes) is 1. The van der Waals surface area contributed by atoms with E-state index in [1.165, 1.54) is 15.7 Å². The smallest absolute Gasteiger partial charge is 0.311 e. The highest BCUT2D eigenvalue weighted by Crippen LogP contribution is 2.45. The quantitative estimate of drug-likeness (QED) is 0.354. The van der Waals surface area contributed by atoms with Gasteiger partial charge in [0.05, 0.1) is 5.69 Å². The molecule has 2 nitrogen and oxygen atoms in total. The zero-order valence-electron chi connectivity index (χ0n) is 12.0. The monoisotopic (exact) mass is 335 g/mol. The summed E-state index contributed by atoms with van der Waals surface area (Å²) in [5.41, 5.74) is 1.11. The molecule has 0 atom stereocenters. The number of Topliss-reactive ketones (excluding diaryl/α,β-unsaturated/α-hetero) is 1. The van der Waals surface area contributed by atoms with E-state index in [-0.39, 0.29) is 6.42 Å². The minimum absolute atomic E-state index is 0.255. The number of carbonyl (C=O) groups excluding carboxylic acids is 1. The van der Waals surface area contributed by atoms with Crippen molar-refractivity contribution in [3.05, 3.63) is 36.4 Å². The highest BCUT2D eigenvalue weighted by atomic mass is 32.2. The molecule has 0 N–H and O–H groups in total. The number of hydrogen-bond acceptors (Lipinski definition) is 3. The number of rotatable bonds is 3. The first-order valence-corrected chi connectivity index (χ1v) is 7.81. The lowest BCUT2D eigenvalue weighted by Crippen LogP contribution is -2.20. The van der Waals surface area contributed by atoms with Crippen LogP contribution in [0.2, 0.25) is 0 Å². The predicted molar refractivity (Wildman–Crippen MR) is 85.2 cm³/mol. The van der Waals surface area contributed by atoms with Crippen LogP contribution in [0.4, 0.5) is 18.9 Å². The molecule has 2 aromatic carbocycles. The molecule has 118 valence electrons. The summed E-state index contributed by atoms with van der Waals surface area (Å²) in [6, 6.07) is 12.2. The topological polar surface area (TPSA) is 20.3 Å². The number of nitrogens with zero attached hydrogens (tertiary/aromatic N) is 1. The summed E-state index contributed by atoms with van der Waals surface area (Å²) >= 11 is 1.62. The Balaban J connectivity index is 1.61. The Morgan fingerprint density at radius 2 is 1.91 bits per heavy atom. The molecule has 0 fully saturated rings. The number of ketones is 1. The molecule has 1 aliphatic heterocycles. The third kappa shape index (κ3) is 3.30. The van der Waals surface area contributed by atoms with Crippen LogP contribution < -0.4 is 4.31 Å². The predicted octanol–water partition coefficient (Wildman–Crippen LogP) is 4.58. The standard InChI is InChI=1S/C17H12F3NOS/c18-17(19,20)15(22)10-2-1-3-11-21-13-8-4-6-12-7-5-9-14(23-21)16(12)13/h4-9H,1,3,11H2.